The molecule has 4 heteroatoms. The number of para-hydroxylation sites is 1. The first kappa shape index (κ1) is 13.4. The summed E-state index contributed by atoms with van der Waals surface area (Å²) in [6.45, 7) is 5.92. The van der Waals surface area contributed by atoms with Crippen molar-refractivity contribution in [1.29, 1.82) is 0 Å². The van der Waals surface area contributed by atoms with E-state index >= 15 is 0 Å². The van der Waals surface area contributed by atoms with E-state index in [0.29, 0.717) is 19.7 Å². The fourth-order valence-electron chi connectivity index (χ4n) is 2.91. The van der Waals surface area contributed by atoms with Crippen molar-refractivity contribution in [2.75, 3.05) is 19.7 Å². The summed E-state index contributed by atoms with van der Waals surface area (Å²) in [7, 11) is 0. The Labute approximate surface area is 119 Å². The van der Waals surface area contributed by atoms with Crippen LogP contribution >= 0.6 is 0 Å². The van der Waals surface area contributed by atoms with Gasteiger partial charge in [0.2, 0.25) is 0 Å². The Morgan fingerprint density at radius 2 is 2.15 bits per heavy atom. The molecule has 1 atom stereocenters. The lowest BCUT2D eigenvalue weighted by Gasteiger charge is -2.40. The molecule has 2 aliphatic heterocycles. The van der Waals surface area contributed by atoms with Crippen LogP contribution in [-0.4, -0.2) is 42.2 Å². The van der Waals surface area contributed by atoms with Gasteiger partial charge in [-0.15, -0.1) is 0 Å². The van der Waals surface area contributed by atoms with Crippen LogP contribution in [0.5, 0.6) is 5.75 Å². The first-order valence-corrected chi connectivity index (χ1v) is 7.22. The van der Waals surface area contributed by atoms with E-state index in [1.807, 2.05) is 36.9 Å². The SMILES string of the molecule is CC1(C)CN(C(=O)[C@@H]2CCc3ccccc3O2)CCO1. The van der Waals surface area contributed by atoms with Gasteiger partial charge < -0.3 is 14.4 Å². The van der Waals surface area contributed by atoms with E-state index in [4.69, 9.17) is 9.47 Å². The van der Waals surface area contributed by atoms with Gasteiger partial charge in [-0.2, -0.15) is 0 Å². The molecule has 0 saturated carbocycles. The van der Waals surface area contributed by atoms with Crippen molar-refractivity contribution in [3.8, 4) is 5.75 Å². The van der Waals surface area contributed by atoms with Gasteiger partial charge in [-0.05, 0) is 38.3 Å². The topological polar surface area (TPSA) is 38.8 Å². The number of carbonyl (C=O) groups excluding carboxylic acids is 1. The maximum atomic E-state index is 12.6. The number of carbonyl (C=O) groups is 1. The van der Waals surface area contributed by atoms with Crippen LogP contribution in [0, 0.1) is 0 Å². The van der Waals surface area contributed by atoms with E-state index in [-0.39, 0.29) is 17.6 Å². The molecular formula is C16H21NO3. The van der Waals surface area contributed by atoms with Crippen LogP contribution in [0.15, 0.2) is 24.3 Å². The minimum atomic E-state index is -0.348. The summed E-state index contributed by atoms with van der Waals surface area (Å²) in [5.74, 6) is 0.945. The van der Waals surface area contributed by atoms with E-state index in [0.717, 1.165) is 18.6 Å². The standard InChI is InChI=1S/C16H21NO3/c1-16(2)11-17(9-10-19-16)15(18)14-8-7-12-5-3-4-6-13(12)20-14/h3-6,14H,7-11H2,1-2H3/t14-/m0/s1. The van der Waals surface area contributed by atoms with Gasteiger partial charge in [0, 0.05) is 13.1 Å². The molecule has 0 aromatic heterocycles. The van der Waals surface area contributed by atoms with Gasteiger partial charge in [-0.25, -0.2) is 0 Å². The largest absolute Gasteiger partial charge is 0.480 e. The van der Waals surface area contributed by atoms with E-state index in [1.54, 1.807) is 0 Å². The summed E-state index contributed by atoms with van der Waals surface area (Å²) < 4.78 is 11.5. The maximum absolute atomic E-state index is 12.6. The Kier molecular flexibility index (Phi) is 3.42. The number of benzene rings is 1. The fraction of sp³-hybridized carbons (Fsp3) is 0.562. The number of rotatable bonds is 1. The molecule has 4 nitrogen and oxygen atoms in total. The molecule has 1 amide bonds. The normalized spacial score (nSPS) is 24.7. The number of fused-ring (bicyclic) bond motifs is 1. The number of morpholine rings is 1. The van der Waals surface area contributed by atoms with E-state index in [1.165, 1.54) is 5.56 Å². The summed E-state index contributed by atoms with van der Waals surface area (Å²) >= 11 is 0. The second-order valence-electron chi connectivity index (χ2n) is 6.12. The predicted octanol–water partition coefficient (Wildman–Crippen LogP) is 2.02. The molecule has 3 rings (SSSR count). The van der Waals surface area contributed by atoms with E-state index in [9.17, 15) is 4.79 Å². The van der Waals surface area contributed by atoms with Gasteiger partial charge in [0.05, 0.1) is 12.2 Å². The van der Waals surface area contributed by atoms with Crippen LogP contribution < -0.4 is 4.74 Å². The molecule has 1 aromatic rings. The number of amides is 1. The van der Waals surface area contributed by atoms with Crippen molar-refractivity contribution in [2.45, 2.75) is 38.4 Å². The average molecular weight is 275 g/mol. The first-order chi connectivity index (χ1) is 9.55. The molecule has 0 spiro atoms. The Bertz CT molecular complexity index is 512. The first-order valence-electron chi connectivity index (χ1n) is 7.22. The summed E-state index contributed by atoms with van der Waals surface area (Å²) in [4.78, 5) is 14.5. The summed E-state index contributed by atoms with van der Waals surface area (Å²) in [5, 5.41) is 0. The molecule has 0 N–H and O–H groups in total. The molecule has 108 valence electrons. The van der Waals surface area contributed by atoms with Crippen molar-refractivity contribution in [2.24, 2.45) is 0 Å². The average Bonchev–Trinajstić information content (AvgIpc) is 2.45. The highest BCUT2D eigenvalue weighted by molar-refractivity contribution is 5.82. The van der Waals surface area contributed by atoms with Crippen LogP contribution in [0.1, 0.15) is 25.8 Å². The lowest BCUT2D eigenvalue weighted by Crippen LogP contribution is -2.54. The second kappa shape index (κ2) is 5.09. The molecule has 0 unspecified atom stereocenters. The van der Waals surface area contributed by atoms with Crippen molar-refractivity contribution in [1.82, 2.24) is 4.90 Å². The van der Waals surface area contributed by atoms with Crippen LogP contribution in [0.25, 0.3) is 0 Å². The van der Waals surface area contributed by atoms with Crippen LogP contribution in [-0.2, 0) is 16.0 Å². The van der Waals surface area contributed by atoms with E-state index < -0.39 is 0 Å². The highest BCUT2D eigenvalue weighted by Crippen LogP contribution is 2.28. The quantitative estimate of drug-likeness (QED) is 0.787. The zero-order valence-corrected chi connectivity index (χ0v) is 12.1. The molecule has 2 heterocycles. The third-order valence-electron chi connectivity index (χ3n) is 3.93. The number of hydrogen-bond acceptors (Lipinski definition) is 3. The highest BCUT2D eigenvalue weighted by Gasteiger charge is 2.35. The van der Waals surface area contributed by atoms with Gasteiger partial charge in [-0.1, -0.05) is 18.2 Å². The third-order valence-corrected chi connectivity index (χ3v) is 3.93. The van der Waals surface area contributed by atoms with Crippen molar-refractivity contribution >= 4 is 5.91 Å². The predicted molar refractivity (Wildman–Crippen MR) is 75.8 cm³/mol. The second-order valence-corrected chi connectivity index (χ2v) is 6.12. The van der Waals surface area contributed by atoms with Gasteiger partial charge >= 0.3 is 0 Å². The molecular weight excluding hydrogens is 254 g/mol. The van der Waals surface area contributed by atoms with Gasteiger partial charge in [0.25, 0.3) is 5.91 Å². The number of hydrogen-bond donors (Lipinski definition) is 0. The number of aryl methyl sites for hydroxylation is 1. The molecule has 2 aliphatic rings. The van der Waals surface area contributed by atoms with Crippen LogP contribution in [0.4, 0.5) is 0 Å². The summed E-state index contributed by atoms with van der Waals surface area (Å²) in [6, 6.07) is 7.96. The highest BCUT2D eigenvalue weighted by atomic mass is 16.5. The molecule has 20 heavy (non-hydrogen) atoms. The number of nitrogens with zero attached hydrogens (tertiary/aromatic N) is 1. The molecule has 1 fully saturated rings. The Morgan fingerprint density at radius 3 is 2.95 bits per heavy atom. The molecule has 0 radical (unpaired) electrons. The molecule has 1 saturated heterocycles. The molecule has 0 bridgehead atoms. The summed E-state index contributed by atoms with van der Waals surface area (Å²) in [5.41, 5.74) is 0.930. The smallest absolute Gasteiger partial charge is 0.263 e. The zero-order chi connectivity index (χ0) is 14.2. The molecule has 1 aromatic carbocycles. The maximum Gasteiger partial charge on any atom is 0.263 e. The van der Waals surface area contributed by atoms with Gasteiger partial charge in [0.1, 0.15) is 5.75 Å². The molecule has 0 aliphatic carbocycles. The van der Waals surface area contributed by atoms with E-state index in [2.05, 4.69) is 6.07 Å². The minimum absolute atomic E-state index is 0.0934. The van der Waals surface area contributed by atoms with Gasteiger partial charge in [0.15, 0.2) is 6.10 Å². The van der Waals surface area contributed by atoms with Crippen LogP contribution in [0.2, 0.25) is 0 Å². The Morgan fingerprint density at radius 1 is 1.35 bits per heavy atom. The lowest BCUT2D eigenvalue weighted by molar-refractivity contribution is -0.153. The van der Waals surface area contributed by atoms with Crippen molar-refractivity contribution in [3.63, 3.8) is 0 Å². The summed E-state index contributed by atoms with van der Waals surface area (Å²) in [6.07, 6.45) is 1.31. The Balaban J connectivity index is 1.70. The third kappa shape index (κ3) is 2.66. The Hall–Kier alpha value is -1.55. The number of ether oxygens (including phenoxy) is 2. The minimum Gasteiger partial charge on any atom is -0.480 e. The fourth-order valence-corrected chi connectivity index (χ4v) is 2.91. The van der Waals surface area contributed by atoms with Gasteiger partial charge in [-0.3, -0.25) is 4.79 Å². The lowest BCUT2D eigenvalue weighted by atomic mass is 10.0. The van der Waals surface area contributed by atoms with Crippen molar-refractivity contribution in [3.05, 3.63) is 29.8 Å². The monoisotopic (exact) mass is 275 g/mol. The zero-order valence-electron chi connectivity index (χ0n) is 12.1. The van der Waals surface area contributed by atoms with Crippen molar-refractivity contribution < 1.29 is 14.3 Å². The van der Waals surface area contributed by atoms with Crippen LogP contribution in [0.3, 0.4) is 0 Å².